The predicted molar refractivity (Wildman–Crippen MR) is 86.4 cm³/mol. The molecule has 1 aromatic carbocycles. The summed E-state index contributed by atoms with van der Waals surface area (Å²) in [6.07, 6.45) is 2.26. The smallest absolute Gasteiger partial charge is 0.410 e. The summed E-state index contributed by atoms with van der Waals surface area (Å²) in [5, 5.41) is 0. The van der Waals surface area contributed by atoms with Crippen molar-refractivity contribution in [3.63, 3.8) is 0 Å². The summed E-state index contributed by atoms with van der Waals surface area (Å²) >= 11 is 0. The van der Waals surface area contributed by atoms with Crippen LogP contribution in [0.4, 0.5) is 4.79 Å². The number of aldehydes is 1. The summed E-state index contributed by atoms with van der Waals surface area (Å²) in [7, 11) is 0. The molecule has 2 heterocycles. The zero-order chi connectivity index (χ0) is 16.6. The van der Waals surface area contributed by atoms with E-state index < -0.39 is 5.60 Å². The van der Waals surface area contributed by atoms with Gasteiger partial charge in [-0.15, -0.1) is 0 Å². The number of nitrogens with one attached hydrogen (secondary N) is 1. The van der Waals surface area contributed by atoms with E-state index in [0.717, 1.165) is 36.0 Å². The lowest BCUT2D eigenvalue weighted by atomic mass is 10.2. The second-order valence-electron chi connectivity index (χ2n) is 6.85. The Bertz CT molecular complexity index is 745. The third kappa shape index (κ3) is 3.21. The maximum atomic E-state index is 12.4. The first-order valence-corrected chi connectivity index (χ1v) is 7.82. The van der Waals surface area contributed by atoms with Crippen LogP contribution in [-0.2, 0) is 4.74 Å². The molecule has 1 amide bonds. The lowest BCUT2D eigenvalue weighted by Gasteiger charge is -2.27. The molecule has 3 rings (SSSR count). The molecule has 1 aromatic heterocycles. The lowest BCUT2D eigenvalue weighted by Crippen LogP contribution is -2.36. The number of hydrogen-bond acceptors (Lipinski definition) is 4. The largest absolute Gasteiger partial charge is 0.444 e. The van der Waals surface area contributed by atoms with E-state index in [0.29, 0.717) is 12.1 Å². The number of nitrogens with zero attached hydrogens (tertiary/aromatic N) is 2. The minimum Gasteiger partial charge on any atom is -0.444 e. The molecule has 2 aromatic rings. The van der Waals surface area contributed by atoms with Crippen molar-refractivity contribution >= 4 is 23.4 Å². The number of hydrogen-bond donors (Lipinski definition) is 1. The second kappa shape index (κ2) is 5.68. The van der Waals surface area contributed by atoms with Crippen molar-refractivity contribution in [1.29, 1.82) is 0 Å². The van der Waals surface area contributed by atoms with E-state index in [9.17, 15) is 9.59 Å². The number of rotatable bonds is 2. The number of amides is 1. The summed E-state index contributed by atoms with van der Waals surface area (Å²) in [6, 6.07) is 5.20. The summed E-state index contributed by atoms with van der Waals surface area (Å²) in [4.78, 5) is 32.8. The van der Waals surface area contributed by atoms with Gasteiger partial charge in [0.2, 0.25) is 0 Å². The Morgan fingerprint density at radius 3 is 2.91 bits per heavy atom. The van der Waals surface area contributed by atoms with E-state index in [-0.39, 0.29) is 12.1 Å². The van der Waals surface area contributed by atoms with Crippen molar-refractivity contribution in [1.82, 2.24) is 14.9 Å². The first-order chi connectivity index (χ1) is 10.9. The minimum atomic E-state index is -0.517. The molecule has 0 aliphatic carbocycles. The number of imidazole rings is 1. The van der Waals surface area contributed by atoms with Crippen LogP contribution in [0.25, 0.3) is 11.0 Å². The molecule has 0 saturated carbocycles. The standard InChI is InChI=1S/C17H21N3O3/c1-17(2,3)23-16(22)20-8-4-5-14(20)15-18-12-7-6-11(10-21)9-13(12)19-15/h6-7,9-10,14H,4-5,8H2,1-3H3,(H,18,19). The number of benzene rings is 1. The van der Waals surface area contributed by atoms with Crippen LogP contribution in [-0.4, -0.2) is 39.4 Å². The van der Waals surface area contributed by atoms with Crippen molar-refractivity contribution in [2.75, 3.05) is 6.54 Å². The van der Waals surface area contributed by atoms with Gasteiger partial charge in [-0.2, -0.15) is 0 Å². The Kier molecular flexibility index (Phi) is 3.83. The van der Waals surface area contributed by atoms with Gasteiger partial charge in [0, 0.05) is 12.1 Å². The van der Waals surface area contributed by atoms with E-state index in [2.05, 4.69) is 9.97 Å². The molecule has 122 valence electrons. The highest BCUT2D eigenvalue weighted by Crippen LogP contribution is 2.32. The van der Waals surface area contributed by atoms with Crippen LogP contribution in [0.2, 0.25) is 0 Å². The molecule has 0 radical (unpaired) electrons. The van der Waals surface area contributed by atoms with Crippen molar-refractivity contribution in [2.45, 2.75) is 45.3 Å². The van der Waals surface area contributed by atoms with Gasteiger partial charge in [-0.25, -0.2) is 9.78 Å². The Morgan fingerprint density at radius 2 is 2.22 bits per heavy atom. The topological polar surface area (TPSA) is 75.3 Å². The molecule has 1 fully saturated rings. The van der Waals surface area contributed by atoms with Crippen LogP contribution in [0.15, 0.2) is 18.2 Å². The second-order valence-corrected chi connectivity index (χ2v) is 6.85. The van der Waals surface area contributed by atoms with Crippen molar-refractivity contribution in [2.24, 2.45) is 0 Å². The number of carbonyl (C=O) groups excluding carboxylic acids is 2. The summed E-state index contributed by atoms with van der Waals surface area (Å²) < 4.78 is 5.48. The number of H-pyrrole nitrogens is 1. The number of aromatic nitrogens is 2. The van der Waals surface area contributed by atoms with Crippen LogP contribution in [0.3, 0.4) is 0 Å². The highest BCUT2D eigenvalue weighted by molar-refractivity contribution is 5.84. The molecule has 1 atom stereocenters. The van der Waals surface area contributed by atoms with Gasteiger partial charge in [-0.05, 0) is 51.8 Å². The first kappa shape index (κ1) is 15.5. The SMILES string of the molecule is CC(C)(C)OC(=O)N1CCCC1c1nc2ccc(C=O)cc2[nH]1. The molecule has 1 aliphatic rings. The quantitative estimate of drug-likeness (QED) is 0.861. The molecule has 1 unspecified atom stereocenters. The normalized spacial score (nSPS) is 18.4. The Balaban J connectivity index is 1.87. The predicted octanol–water partition coefficient (Wildman–Crippen LogP) is 3.45. The van der Waals surface area contributed by atoms with Gasteiger partial charge in [0.25, 0.3) is 0 Å². The van der Waals surface area contributed by atoms with Crippen LogP contribution in [0.1, 0.15) is 55.8 Å². The Morgan fingerprint density at radius 1 is 1.43 bits per heavy atom. The number of likely N-dealkylation sites (tertiary alicyclic amines) is 1. The monoisotopic (exact) mass is 315 g/mol. The molecule has 1 N–H and O–H groups in total. The number of ether oxygens (including phenoxy) is 1. The fourth-order valence-corrected chi connectivity index (χ4v) is 2.87. The molecule has 0 spiro atoms. The molecule has 6 heteroatoms. The van der Waals surface area contributed by atoms with Crippen molar-refractivity contribution < 1.29 is 14.3 Å². The van der Waals surface area contributed by atoms with Gasteiger partial charge in [0.1, 0.15) is 17.7 Å². The molecule has 6 nitrogen and oxygen atoms in total. The highest BCUT2D eigenvalue weighted by Gasteiger charge is 2.34. The summed E-state index contributed by atoms with van der Waals surface area (Å²) in [5.41, 5.74) is 1.68. The molecule has 23 heavy (non-hydrogen) atoms. The third-order valence-corrected chi connectivity index (χ3v) is 3.86. The van der Waals surface area contributed by atoms with Crippen LogP contribution in [0, 0.1) is 0 Å². The van der Waals surface area contributed by atoms with Crippen LogP contribution >= 0.6 is 0 Å². The summed E-state index contributed by atoms with van der Waals surface area (Å²) in [6.45, 7) is 6.24. The average molecular weight is 315 g/mol. The van der Waals surface area contributed by atoms with Crippen LogP contribution in [0.5, 0.6) is 0 Å². The van der Waals surface area contributed by atoms with Crippen LogP contribution < -0.4 is 0 Å². The van der Waals surface area contributed by atoms with Gasteiger partial charge in [-0.3, -0.25) is 9.69 Å². The summed E-state index contributed by atoms with van der Waals surface area (Å²) in [5.74, 6) is 0.742. The minimum absolute atomic E-state index is 0.114. The van der Waals surface area contributed by atoms with Gasteiger partial charge >= 0.3 is 6.09 Å². The molecular formula is C17H21N3O3. The fraction of sp³-hybridized carbons (Fsp3) is 0.471. The van der Waals surface area contributed by atoms with E-state index in [1.807, 2.05) is 26.8 Å². The third-order valence-electron chi connectivity index (χ3n) is 3.86. The zero-order valence-electron chi connectivity index (χ0n) is 13.6. The number of aromatic amines is 1. The maximum Gasteiger partial charge on any atom is 0.410 e. The zero-order valence-corrected chi connectivity index (χ0v) is 13.6. The van der Waals surface area contributed by atoms with E-state index in [4.69, 9.17) is 4.74 Å². The highest BCUT2D eigenvalue weighted by atomic mass is 16.6. The lowest BCUT2D eigenvalue weighted by molar-refractivity contribution is 0.0219. The Hall–Kier alpha value is -2.37. The molecule has 0 bridgehead atoms. The van der Waals surface area contributed by atoms with Crippen molar-refractivity contribution in [3.05, 3.63) is 29.6 Å². The molecular weight excluding hydrogens is 294 g/mol. The maximum absolute atomic E-state index is 12.4. The van der Waals surface area contributed by atoms with Gasteiger partial charge in [0.05, 0.1) is 17.1 Å². The first-order valence-electron chi connectivity index (χ1n) is 7.82. The van der Waals surface area contributed by atoms with Gasteiger partial charge in [0.15, 0.2) is 0 Å². The number of fused-ring (bicyclic) bond motifs is 1. The number of carbonyl (C=O) groups is 2. The Labute approximate surface area is 134 Å². The van der Waals surface area contributed by atoms with Crippen molar-refractivity contribution in [3.8, 4) is 0 Å². The average Bonchev–Trinajstić information content (AvgIpc) is 3.10. The van der Waals surface area contributed by atoms with Gasteiger partial charge < -0.3 is 9.72 Å². The van der Waals surface area contributed by atoms with Gasteiger partial charge in [-0.1, -0.05) is 0 Å². The fourth-order valence-electron chi connectivity index (χ4n) is 2.87. The van der Waals surface area contributed by atoms with E-state index >= 15 is 0 Å². The van der Waals surface area contributed by atoms with E-state index in [1.54, 1.807) is 17.0 Å². The molecule has 1 aliphatic heterocycles. The van der Waals surface area contributed by atoms with E-state index in [1.165, 1.54) is 0 Å². The molecule has 1 saturated heterocycles.